The van der Waals surface area contributed by atoms with E-state index < -0.39 is 11.6 Å². The maximum atomic E-state index is 12.5. The molecule has 0 spiro atoms. The zero-order valence-electron chi connectivity index (χ0n) is 17.4. The van der Waals surface area contributed by atoms with E-state index in [2.05, 4.69) is 10.3 Å². The van der Waals surface area contributed by atoms with Gasteiger partial charge in [0.25, 0.3) is 0 Å². The molecule has 0 atom stereocenters. The summed E-state index contributed by atoms with van der Waals surface area (Å²) in [6.45, 7) is 8.86. The van der Waals surface area contributed by atoms with Gasteiger partial charge >= 0.3 is 12.1 Å². The summed E-state index contributed by atoms with van der Waals surface area (Å²) in [7, 11) is 0. The predicted molar refractivity (Wildman–Crippen MR) is 107 cm³/mol. The van der Waals surface area contributed by atoms with Crippen LogP contribution >= 0.6 is 0 Å². The lowest BCUT2D eigenvalue weighted by molar-refractivity contribution is 0.0114. The number of amides is 1. The first kappa shape index (κ1) is 20.8. The van der Waals surface area contributed by atoms with Crippen LogP contribution in [0.15, 0.2) is 30.3 Å². The molecule has 1 saturated heterocycles. The number of hydrogen-bond acceptors (Lipinski definition) is 6. The number of esters is 1. The molecule has 1 aromatic carbocycles. The Morgan fingerprint density at radius 3 is 2.41 bits per heavy atom. The molecule has 0 N–H and O–H groups in total. The Morgan fingerprint density at radius 2 is 1.79 bits per heavy atom. The summed E-state index contributed by atoms with van der Waals surface area (Å²) < 4.78 is 12.5. The normalized spacial score (nSPS) is 15.2. The van der Waals surface area contributed by atoms with Crippen LogP contribution in [0.1, 0.15) is 49.8 Å². The minimum Gasteiger partial charge on any atom is -0.461 e. The highest BCUT2D eigenvalue weighted by atomic mass is 16.6. The fraction of sp³-hybridized carbons (Fsp3) is 0.524. The van der Waals surface area contributed by atoms with Gasteiger partial charge in [0.05, 0.1) is 18.0 Å². The van der Waals surface area contributed by atoms with Crippen molar-refractivity contribution < 1.29 is 19.1 Å². The van der Waals surface area contributed by atoms with Gasteiger partial charge in [-0.15, -0.1) is 5.10 Å². The van der Waals surface area contributed by atoms with Gasteiger partial charge in [-0.2, -0.15) is 0 Å². The van der Waals surface area contributed by atoms with Gasteiger partial charge in [0.15, 0.2) is 5.69 Å². The summed E-state index contributed by atoms with van der Waals surface area (Å²) in [5.41, 5.74) is 1.20. The molecule has 0 bridgehead atoms. The standard InChI is InChI=1S/C21H28N4O4/c1-15-18(22-23-25(15)17-8-6-5-7-9-17)19(26)28-14-16-10-12-24(13-11-16)20(27)29-21(2,3)4/h5-9,16H,10-14H2,1-4H3. The molecule has 2 aromatic rings. The van der Waals surface area contributed by atoms with Crippen molar-refractivity contribution in [2.24, 2.45) is 5.92 Å². The SMILES string of the molecule is Cc1c(C(=O)OCC2CCN(C(=O)OC(C)(C)C)CC2)nnn1-c1ccccc1. The van der Waals surface area contributed by atoms with Crippen molar-refractivity contribution in [3.05, 3.63) is 41.7 Å². The molecule has 0 saturated carbocycles. The molecule has 1 aromatic heterocycles. The number of rotatable bonds is 4. The van der Waals surface area contributed by atoms with Gasteiger partial charge in [-0.1, -0.05) is 23.4 Å². The molecule has 1 aliphatic heterocycles. The minimum absolute atomic E-state index is 0.210. The summed E-state index contributed by atoms with van der Waals surface area (Å²) in [6.07, 6.45) is 1.24. The van der Waals surface area contributed by atoms with Crippen molar-refractivity contribution in [1.82, 2.24) is 19.9 Å². The maximum absolute atomic E-state index is 12.5. The number of para-hydroxylation sites is 1. The number of aromatic nitrogens is 3. The maximum Gasteiger partial charge on any atom is 0.410 e. The molecule has 1 amide bonds. The zero-order valence-corrected chi connectivity index (χ0v) is 17.4. The van der Waals surface area contributed by atoms with Crippen molar-refractivity contribution >= 4 is 12.1 Å². The van der Waals surface area contributed by atoms with E-state index in [0.717, 1.165) is 18.5 Å². The summed E-state index contributed by atoms with van der Waals surface area (Å²) in [5, 5.41) is 8.06. The third-order valence-electron chi connectivity index (χ3n) is 4.81. The fourth-order valence-corrected chi connectivity index (χ4v) is 3.20. The first-order valence-corrected chi connectivity index (χ1v) is 9.87. The number of carbonyl (C=O) groups is 2. The number of benzene rings is 1. The lowest BCUT2D eigenvalue weighted by Gasteiger charge is -2.33. The summed E-state index contributed by atoms with van der Waals surface area (Å²) >= 11 is 0. The van der Waals surface area contributed by atoms with E-state index in [0.29, 0.717) is 25.4 Å². The van der Waals surface area contributed by atoms with Crippen LogP contribution in [0.5, 0.6) is 0 Å². The second kappa shape index (κ2) is 8.63. The van der Waals surface area contributed by atoms with Gasteiger partial charge in [-0.25, -0.2) is 14.3 Å². The monoisotopic (exact) mass is 400 g/mol. The number of likely N-dealkylation sites (tertiary alicyclic amines) is 1. The van der Waals surface area contributed by atoms with Crippen molar-refractivity contribution in [3.8, 4) is 5.69 Å². The highest BCUT2D eigenvalue weighted by Gasteiger charge is 2.28. The average molecular weight is 400 g/mol. The number of ether oxygens (including phenoxy) is 2. The van der Waals surface area contributed by atoms with Crippen LogP contribution in [0.4, 0.5) is 4.79 Å². The van der Waals surface area contributed by atoms with Gasteiger partial charge in [0.2, 0.25) is 0 Å². The molecule has 156 valence electrons. The quantitative estimate of drug-likeness (QED) is 0.732. The third-order valence-corrected chi connectivity index (χ3v) is 4.81. The molecule has 8 heteroatoms. The van der Waals surface area contributed by atoms with Gasteiger partial charge in [0.1, 0.15) is 5.60 Å². The van der Waals surface area contributed by atoms with Crippen LogP contribution in [0, 0.1) is 12.8 Å². The highest BCUT2D eigenvalue weighted by Crippen LogP contribution is 2.21. The Kier molecular flexibility index (Phi) is 6.20. The molecule has 29 heavy (non-hydrogen) atoms. The number of carbonyl (C=O) groups excluding carboxylic acids is 2. The second-order valence-electron chi connectivity index (χ2n) is 8.28. The molecular formula is C21H28N4O4. The van der Waals surface area contributed by atoms with E-state index in [1.807, 2.05) is 51.1 Å². The molecule has 3 rings (SSSR count). The first-order valence-electron chi connectivity index (χ1n) is 9.87. The molecular weight excluding hydrogens is 372 g/mol. The van der Waals surface area contributed by atoms with E-state index in [9.17, 15) is 9.59 Å². The number of nitrogens with zero attached hydrogens (tertiary/aromatic N) is 4. The van der Waals surface area contributed by atoms with Crippen molar-refractivity contribution in [2.45, 2.75) is 46.1 Å². The lowest BCUT2D eigenvalue weighted by atomic mass is 9.98. The summed E-state index contributed by atoms with van der Waals surface area (Å²) in [4.78, 5) is 26.3. The van der Waals surface area contributed by atoms with Gasteiger partial charge in [-0.3, -0.25) is 0 Å². The fourth-order valence-electron chi connectivity index (χ4n) is 3.20. The van der Waals surface area contributed by atoms with Crippen molar-refractivity contribution in [3.63, 3.8) is 0 Å². The third kappa shape index (κ3) is 5.34. The Bertz CT molecular complexity index is 849. The lowest BCUT2D eigenvalue weighted by Crippen LogP contribution is -2.42. The molecule has 0 unspecified atom stereocenters. The Morgan fingerprint density at radius 1 is 1.14 bits per heavy atom. The molecule has 2 heterocycles. The van der Waals surface area contributed by atoms with Crippen molar-refractivity contribution in [1.29, 1.82) is 0 Å². The van der Waals surface area contributed by atoms with E-state index >= 15 is 0 Å². The molecule has 0 radical (unpaired) electrons. The van der Waals surface area contributed by atoms with E-state index in [1.54, 1.807) is 16.5 Å². The van der Waals surface area contributed by atoms with Gasteiger partial charge < -0.3 is 14.4 Å². The van der Waals surface area contributed by atoms with Crippen LogP contribution in [-0.4, -0.2) is 57.3 Å². The topological polar surface area (TPSA) is 86.6 Å². The van der Waals surface area contributed by atoms with Crippen LogP contribution in [-0.2, 0) is 9.47 Å². The van der Waals surface area contributed by atoms with Crippen LogP contribution in [0.3, 0.4) is 0 Å². The zero-order chi connectivity index (χ0) is 21.0. The number of piperidine rings is 1. The smallest absolute Gasteiger partial charge is 0.410 e. The average Bonchev–Trinajstić information content (AvgIpc) is 3.07. The van der Waals surface area contributed by atoms with E-state index in [-0.39, 0.29) is 17.7 Å². The van der Waals surface area contributed by atoms with E-state index in [4.69, 9.17) is 9.47 Å². The van der Waals surface area contributed by atoms with Gasteiger partial charge in [-0.05, 0) is 58.6 Å². The summed E-state index contributed by atoms with van der Waals surface area (Å²) in [6, 6.07) is 9.51. The largest absolute Gasteiger partial charge is 0.461 e. The van der Waals surface area contributed by atoms with Gasteiger partial charge in [0, 0.05) is 13.1 Å². The Labute approximate surface area is 170 Å². The number of hydrogen-bond donors (Lipinski definition) is 0. The molecule has 1 aliphatic rings. The highest BCUT2D eigenvalue weighted by molar-refractivity contribution is 5.88. The summed E-state index contributed by atoms with van der Waals surface area (Å²) in [5.74, 6) is -0.263. The van der Waals surface area contributed by atoms with Crippen LogP contribution in [0.2, 0.25) is 0 Å². The second-order valence-corrected chi connectivity index (χ2v) is 8.28. The van der Waals surface area contributed by atoms with E-state index in [1.165, 1.54) is 0 Å². The first-order chi connectivity index (χ1) is 13.7. The molecule has 1 fully saturated rings. The minimum atomic E-state index is -0.501. The molecule has 8 nitrogen and oxygen atoms in total. The van der Waals surface area contributed by atoms with Crippen molar-refractivity contribution in [2.75, 3.05) is 19.7 Å². The molecule has 0 aliphatic carbocycles. The predicted octanol–water partition coefficient (Wildman–Crippen LogP) is 3.38. The Balaban J connectivity index is 1.50. The van der Waals surface area contributed by atoms with Crippen LogP contribution in [0.25, 0.3) is 5.69 Å². The van der Waals surface area contributed by atoms with Crippen LogP contribution < -0.4 is 0 Å². The Hall–Kier alpha value is -2.90.